The molecule has 0 bridgehead atoms. The number of carbonyl (C=O) groups is 2. The van der Waals surface area contributed by atoms with Crippen LogP contribution in [0.15, 0.2) is 42.7 Å². The van der Waals surface area contributed by atoms with E-state index in [1.807, 2.05) is 37.3 Å². The van der Waals surface area contributed by atoms with Gasteiger partial charge in [0.2, 0.25) is 11.8 Å². The number of aromatic nitrogens is 2. The van der Waals surface area contributed by atoms with E-state index in [2.05, 4.69) is 10.4 Å². The van der Waals surface area contributed by atoms with Crippen molar-refractivity contribution in [3.8, 4) is 0 Å². The zero-order chi connectivity index (χ0) is 16.4. The van der Waals surface area contributed by atoms with Crippen LogP contribution in [0, 0.1) is 5.92 Å². The van der Waals surface area contributed by atoms with Crippen molar-refractivity contribution in [2.24, 2.45) is 13.0 Å². The molecule has 0 aliphatic carbocycles. The summed E-state index contributed by atoms with van der Waals surface area (Å²) in [6.07, 6.45) is 3.58. The fourth-order valence-corrected chi connectivity index (χ4v) is 2.92. The van der Waals surface area contributed by atoms with Crippen LogP contribution in [-0.2, 0) is 16.6 Å². The monoisotopic (exact) mass is 312 g/mol. The SMILES string of the molecule is C[C@@H](c1ccccc1)N1C[C@H](C(=O)Nc2cnn(C)c2)CC1=O. The molecule has 1 N–H and O–H groups in total. The average molecular weight is 312 g/mol. The van der Waals surface area contributed by atoms with Crippen LogP contribution in [0.2, 0.25) is 0 Å². The highest BCUT2D eigenvalue weighted by Gasteiger charge is 2.37. The van der Waals surface area contributed by atoms with Gasteiger partial charge in [0.05, 0.1) is 23.8 Å². The molecule has 0 unspecified atom stereocenters. The highest BCUT2D eigenvalue weighted by atomic mass is 16.2. The molecule has 1 aromatic carbocycles. The molecule has 1 saturated heterocycles. The smallest absolute Gasteiger partial charge is 0.229 e. The Hall–Kier alpha value is -2.63. The summed E-state index contributed by atoms with van der Waals surface area (Å²) < 4.78 is 1.62. The quantitative estimate of drug-likeness (QED) is 0.938. The van der Waals surface area contributed by atoms with Crippen molar-refractivity contribution in [1.29, 1.82) is 0 Å². The van der Waals surface area contributed by atoms with Gasteiger partial charge in [-0.3, -0.25) is 14.3 Å². The van der Waals surface area contributed by atoms with Crippen LogP contribution in [0.1, 0.15) is 24.9 Å². The van der Waals surface area contributed by atoms with Crippen LogP contribution in [0.3, 0.4) is 0 Å². The molecule has 23 heavy (non-hydrogen) atoms. The number of nitrogens with one attached hydrogen (secondary N) is 1. The van der Waals surface area contributed by atoms with Crippen LogP contribution in [0.5, 0.6) is 0 Å². The molecule has 120 valence electrons. The van der Waals surface area contributed by atoms with E-state index < -0.39 is 0 Å². The Bertz CT molecular complexity index is 710. The number of anilines is 1. The Morgan fingerprint density at radius 3 is 2.74 bits per heavy atom. The van der Waals surface area contributed by atoms with Crippen molar-refractivity contribution in [3.05, 3.63) is 48.3 Å². The van der Waals surface area contributed by atoms with Gasteiger partial charge in [-0.05, 0) is 12.5 Å². The second-order valence-electron chi connectivity index (χ2n) is 5.93. The van der Waals surface area contributed by atoms with Gasteiger partial charge in [-0.15, -0.1) is 0 Å². The minimum Gasteiger partial charge on any atom is -0.335 e. The van der Waals surface area contributed by atoms with E-state index in [9.17, 15) is 9.59 Å². The van der Waals surface area contributed by atoms with Crippen LogP contribution in [0.25, 0.3) is 0 Å². The zero-order valence-corrected chi connectivity index (χ0v) is 13.3. The summed E-state index contributed by atoms with van der Waals surface area (Å²) in [5.41, 5.74) is 1.73. The standard InChI is InChI=1S/C17H20N4O2/c1-12(13-6-4-3-5-7-13)21-10-14(8-16(21)22)17(23)19-15-9-18-20(2)11-15/h3-7,9,11-12,14H,8,10H2,1-2H3,(H,19,23)/t12-,14+/m0/s1. The molecule has 6 nitrogen and oxygen atoms in total. The molecule has 0 saturated carbocycles. The molecule has 2 heterocycles. The maximum Gasteiger partial charge on any atom is 0.229 e. The van der Waals surface area contributed by atoms with Gasteiger partial charge in [-0.25, -0.2) is 0 Å². The molecule has 2 atom stereocenters. The molecule has 2 aromatic rings. The van der Waals surface area contributed by atoms with E-state index in [4.69, 9.17) is 0 Å². The molecule has 1 fully saturated rings. The third-order valence-corrected chi connectivity index (χ3v) is 4.25. The highest BCUT2D eigenvalue weighted by molar-refractivity contribution is 5.97. The van der Waals surface area contributed by atoms with Crippen molar-refractivity contribution in [2.45, 2.75) is 19.4 Å². The number of amides is 2. The minimum atomic E-state index is -0.325. The third-order valence-electron chi connectivity index (χ3n) is 4.25. The van der Waals surface area contributed by atoms with Crippen LogP contribution in [-0.4, -0.2) is 33.0 Å². The first-order valence-corrected chi connectivity index (χ1v) is 7.68. The molecule has 0 spiro atoms. The fourth-order valence-electron chi connectivity index (χ4n) is 2.92. The Morgan fingerprint density at radius 1 is 1.35 bits per heavy atom. The lowest BCUT2D eigenvalue weighted by Gasteiger charge is -2.25. The normalized spacial score (nSPS) is 19.0. The van der Waals surface area contributed by atoms with Crippen molar-refractivity contribution in [1.82, 2.24) is 14.7 Å². The van der Waals surface area contributed by atoms with Gasteiger partial charge in [0.25, 0.3) is 0 Å². The van der Waals surface area contributed by atoms with Crippen LogP contribution >= 0.6 is 0 Å². The van der Waals surface area contributed by atoms with Gasteiger partial charge in [0, 0.05) is 26.2 Å². The molecule has 1 aliphatic heterocycles. The predicted octanol–water partition coefficient (Wildman–Crippen LogP) is 1.97. The van der Waals surface area contributed by atoms with Crippen molar-refractivity contribution < 1.29 is 9.59 Å². The fraction of sp³-hybridized carbons (Fsp3) is 0.353. The Balaban J connectivity index is 1.66. The number of hydrogen-bond donors (Lipinski definition) is 1. The number of aryl methyl sites for hydroxylation is 1. The Kier molecular flexibility index (Phi) is 4.14. The lowest BCUT2D eigenvalue weighted by molar-refractivity contribution is -0.129. The Labute approximate surface area is 135 Å². The van der Waals surface area contributed by atoms with E-state index in [1.165, 1.54) is 0 Å². The second-order valence-corrected chi connectivity index (χ2v) is 5.93. The van der Waals surface area contributed by atoms with Crippen LogP contribution in [0.4, 0.5) is 5.69 Å². The number of benzene rings is 1. The maximum absolute atomic E-state index is 12.3. The lowest BCUT2D eigenvalue weighted by atomic mass is 10.1. The van der Waals surface area contributed by atoms with Crippen LogP contribution < -0.4 is 5.32 Å². The lowest BCUT2D eigenvalue weighted by Crippen LogP contribution is -2.30. The van der Waals surface area contributed by atoms with Gasteiger partial charge in [-0.2, -0.15) is 5.10 Å². The van der Waals surface area contributed by atoms with Gasteiger partial charge < -0.3 is 10.2 Å². The van der Waals surface area contributed by atoms with Crippen molar-refractivity contribution in [3.63, 3.8) is 0 Å². The van der Waals surface area contributed by atoms with E-state index in [0.717, 1.165) is 5.56 Å². The number of hydrogen-bond acceptors (Lipinski definition) is 3. The summed E-state index contributed by atoms with van der Waals surface area (Å²) in [5, 5.41) is 6.84. The van der Waals surface area contributed by atoms with Gasteiger partial charge in [-0.1, -0.05) is 30.3 Å². The molecule has 3 rings (SSSR count). The minimum absolute atomic E-state index is 0.0210. The molecule has 6 heteroatoms. The largest absolute Gasteiger partial charge is 0.335 e. The summed E-state index contributed by atoms with van der Waals surface area (Å²) in [6, 6.07) is 9.84. The summed E-state index contributed by atoms with van der Waals surface area (Å²) >= 11 is 0. The van der Waals surface area contributed by atoms with E-state index in [1.54, 1.807) is 29.0 Å². The van der Waals surface area contributed by atoms with E-state index in [0.29, 0.717) is 12.2 Å². The first kappa shape index (κ1) is 15.3. The first-order valence-electron chi connectivity index (χ1n) is 7.68. The molecule has 1 aromatic heterocycles. The number of rotatable bonds is 4. The van der Waals surface area contributed by atoms with E-state index >= 15 is 0 Å². The molecular weight excluding hydrogens is 292 g/mol. The van der Waals surface area contributed by atoms with Gasteiger partial charge in [0.15, 0.2) is 0 Å². The molecule has 1 aliphatic rings. The third kappa shape index (κ3) is 3.26. The molecule has 2 amide bonds. The maximum atomic E-state index is 12.3. The van der Waals surface area contributed by atoms with Gasteiger partial charge in [0.1, 0.15) is 0 Å². The summed E-state index contributed by atoms with van der Waals surface area (Å²) in [4.78, 5) is 26.4. The summed E-state index contributed by atoms with van der Waals surface area (Å²) in [7, 11) is 1.79. The second kappa shape index (κ2) is 6.24. The van der Waals surface area contributed by atoms with Crippen molar-refractivity contribution in [2.75, 3.05) is 11.9 Å². The topological polar surface area (TPSA) is 67.2 Å². The Morgan fingerprint density at radius 2 is 2.09 bits per heavy atom. The first-order chi connectivity index (χ1) is 11.0. The summed E-state index contributed by atoms with van der Waals surface area (Å²) in [5.74, 6) is -0.435. The number of carbonyl (C=O) groups excluding carboxylic acids is 2. The van der Waals surface area contributed by atoms with Crippen molar-refractivity contribution >= 4 is 17.5 Å². The molecule has 0 radical (unpaired) electrons. The number of nitrogens with zero attached hydrogens (tertiary/aromatic N) is 3. The summed E-state index contributed by atoms with van der Waals surface area (Å²) in [6.45, 7) is 2.44. The average Bonchev–Trinajstić information content (AvgIpc) is 3.13. The zero-order valence-electron chi connectivity index (χ0n) is 13.3. The van der Waals surface area contributed by atoms with E-state index in [-0.39, 0.29) is 30.2 Å². The predicted molar refractivity (Wildman–Crippen MR) is 86.5 cm³/mol. The highest BCUT2D eigenvalue weighted by Crippen LogP contribution is 2.29. The number of likely N-dealkylation sites (tertiary alicyclic amines) is 1. The molecular formula is C17H20N4O2. The van der Waals surface area contributed by atoms with Gasteiger partial charge >= 0.3 is 0 Å².